The van der Waals surface area contributed by atoms with Crippen LogP contribution in [-0.2, 0) is 5.41 Å². The zero-order valence-corrected chi connectivity index (χ0v) is 13.0. The van der Waals surface area contributed by atoms with E-state index in [0.717, 1.165) is 22.4 Å². The van der Waals surface area contributed by atoms with Gasteiger partial charge >= 0.3 is 0 Å². The lowest BCUT2D eigenvalue weighted by molar-refractivity contribution is 0.555. The molecule has 19 heavy (non-hydrogen) atoms. The van der Waals surface area contributed by atoms with Gasteiger partial charge in [-0.3, -0.25) is 4.98 Å². The summed E-state index contributed by atoms with van der Waals surface area (Å²) in [6, 6.07) is 6.18. The number of pyridine rings is 2. The lowest BCUT2D eigenvalue weighted by atomic mass is 9.85. The van der Waals surface area contributed by atoms with Crippen LogP contribution in [0.25, 0.3) is 0 Å². The second kappa shape index (κ2) is 5.70. The average molecular weight is 320 g/mol. The molecule has 100 valence electrons. The van der Waals surface area contributed by atoms with Gasteiger partial charge in [-0.2, -0.15) is 0 Å². The van der Waals surface area contributed by atoms with E-state index in [2.05, 4.69) is 70.2 Å². The van der Waals surface area contributed by atoms with Crippen molar-refractivity contribution in [2.45, 2.75) is 26.2 Å². The number of hydrogen-bond acceptors (Lipinski definition) is 3. The van der Waals surface area contributed by atoms with Crippen molar-refractivity contribution in [3.05, 3.63) is 52.4 Å². The van der Waals surface area contributed by atoms with Gasteiger partial charge in [0.05, 0.1) is 0 Å². The molecule has 0 unspecified atom stereocenters. The Hall–Kier alpha value is -1.42. The predicted octanol–water partition coefficient (Wildman–Crippen LogP) is 3.94. The lowest BCUT2D eigenvalue weighted by Crippen LogP contribution is -2.28. The van der Waals surface area contributed by atoms with Crippen molar-refractivity contribution >= 4 is 21.7 Å². The molecule has 0 saturated heterocycles. The number of nitrogens with one attached hydrogen (secondary N) is 1. The van der Waals surface area contributed by atoms with Gasteiger partial charge in [0.15, 0.2) is 0 Å². The molecule has 0 atom stereocenters. The molecule has 1 N–H and O–H groups in total. The highest BCUT2D eigenvalue weighted by Crippen LogP contribution is 2.24. The van der Waals surface area contributed by atoms with E-state index in [1.165, 1.54) is 5.56 Å². The Labute approximate surface area is 122 Å². The highest BCUT2D eigenvalue weighted by atomic mass is 79.9. The summed E-state index contributed by atoms with van der Waals surface area (Å²) in [7, 11) is 0. The van der Waals surface area contributed by atoms with Crippen LogP contribution in [0.15, 0.2) is 41.3 Å². The van der Waals surface area contributed by atoms with Crippen molar-refractivity contribution in [1.29, 1.82) is 0 Å². The number of hydrogen-bond donors (Lipinski definition) is 1. The van der Waals surface area contributed by atoms with Gasteiger partial charge in [0.2, 0.25) is 0 Å². The fourth-order valence-corrected chi connectivity index (χ4v) is 2.38. The fourth-order valence-electron chi connectivity index (χ4n) is 1.94. The maximum Gasteiger partial charge on any atom is 0.128 e. The Balaban J connectivity index is 2.09. The van der Waals surface area contributed by atoms with Crippen LogP contribution in [0.3, 0.4) is 0 Å². The maximum absolute atomic E-state index is 4.40. The van der Waals surface area contributed by atoms with Gasteiger partial charge in [-0.15, -0.1) is 0 Å². The molecule has 4 heteroatoms. The third kappa shape index (κ3) is 3.53. The van der Waals surface area contributed by atoms with Crippen LogP contribution < -0.4 is 5.32 Å². The Kier molecular flexibility index (Phi) is 4.20. The van der Waals surface area contributed by atoms with Gasteiger partial charge in [0.25, 0.3) is 0 Å². The van der Waals surface area contributed by atoms with Crippen molar-refractivity contribution < 1.29 is 0 Å². The first kappa shape index (κ1) is 14.0. The zero-order chi connectivity index (χ0) is 13.9. The minimum atomic E-state index is 0.0319. The number of aromatic nitrogens is 2. The number of nitrogens with zero attached hydrogens (tertiary/aromatic N) is 2. The molecule has 0 spiro atoms. The number of rotatable bonds is 4. The summed E-state index contributed by atoms with van der Waals surface area (Å²) in [5.74, 6) is 0.935. The van der Waals surface area contributed by atoms with E-state index in [0.29, 0.717) is 0 Å². The van der Waals surface area contributed by atoms with E-state index in [1.807, 2.05) is 18.6 Å². The van der Waals surface area contributed by atoms with Gasteiger partial charge in [0, 0.05) is 35.0 Å². The van der Waals surface area contributed by atoms with E-state index >= 15 is 0 Å². The third-order valence-electron chi connectivity index (χ3n) is 3.20. The summed E-state index contributed by atoms with van der Waals surface area (Å²) in [5, 5.41) is 3.43. The van der Waals surface area contributed by atoms with E-state index in [4.69, 9.17) is 0 Å². The molecule has 2 heterocycles. The van der Waals surface area contributed by atoms with Crippen molar-refractivity contribution in [3.63, 3.8) is 0 Å². The molecule has 0 fully saturated rings. The van der Waals surface area contributed by atoms with Crippen LogP contribution in [0.1, 0.15) is 25.0 Å². The normalized spacial score (nSPS) is 11.4. The van der Waals surface area contributed by atoms with E-state index in [9.17, 15) is 0 Å². The molecule has 0 aliphatic carbocycles. The molecule has 0 aliphatic rings. The van der Waals surface area contributed by atoms with Crippen LogP contribution in [0.4, 0.5) is 5.82 Å². The minimum absolute atomic E-state index is 0.0319. The summed E-state index contributed by atoms with van der Waals surface area (Å²) in [6.07, 6.45) is 5.48. The van der Waals surface area contributed by atoms with Gasteiger partial charge in [-0.25, -0.2) is 4.98 Å². The van der Waals surface area contributed by atoms with Crippen molar-refractivity contribution in [2.75, 3.05) is 11.9 Å². The summed E-state index contributed by atoms with van der Waals surface area (Å²) in [4.78, 5) is 8.47. The summed E-state index contributed by atoms with van der Waals surface area (Å²) in [5.41, 5.74) is 2.44. The second-order valence-corrected chi connectivity index (χ2v) is 6.21. The highest BCUT2D eigenvalue weighted by Gasteiger charge is 2.20. The SMILES string of the molecule is Cc1cc(Br)cnc1NCC(C)(C)c1ccncc1. The molecule has 2 aromatic heterocycles. The van der Waals surface area contributed by atoms with E-state index < -0.39 is 0 Å². The first-order chi connectivity index (χ1) is 8.99. The van der Waals surface area contributed by atoms with Gasteiger partial charge in [-0.05, 0) is 52.2 Å². The maximum atomic E-state index is 4.40. The Morgan fingerprint density at radius 2 is 1.95 bits per heavy atom. The summed E-state index contributed by atoms with van der Waals surface area (Å²) >= 11 is 3.43. The van der Waals surface area contributed by atoms with Crippen LogP contribution >= 0.6 is 15.9 Å². The monoisotopic (exact) mass is 319 g/mol. The molecule has 0 bridgehead atoms. The van der Waals surface area contributed by atoms with Crippen LogP contribution in [-0.4, -0.2) is 16.5 Å². The van der Waals surface area contributed by atoms with E-state index in [-0.39, 0.29) is 5.41 Å². The molecular weight excluding hydrogens is 302 g/mol. The van der Waals surface area contributed by atoms with Gasteiger partial charge in [0.1, 0.15) is 5.82 Å². The highest BCUT2D eigenvalue weighted by molar-refractivity contribution is 9.10. The molecule has 0 amide bonds. The standard InChI is InChI=1S/C15H18BrN3/c1-11-8-13(16)9-18-14(11)19-10-15(2,3)12-4-6-17-7-5-12/h4-9H,10H2,1-3H3,(H,18,19). The van der Waals surface area contributed by atoms with Crippen molar-refractivity contribution in [1.82, 2.24) is 9.97 Å². The molecule has 2 aromatic rings. The largest absolute Gasteiger partial charge is 0.369 e. The van der Waals surface area contributed by atoms with E-state index in [1.54, 1.807) is 0 Å². The van der Waals surface area contributed by atoms with Crippen LogP contribution in [0.5, 0.6) is 0 Å². The molecule has 2 rings (SSSR count). The summed E-state index contributed by atoms with van der Waals surface area (Å²) in [6.45, 7) is 7.30. The molecule has 0 saturated carbocycles. The lowest BCUT2D eigenvalue weighted by Gasteiger charge is -2.26. The smallest absolute Gasteiger partial charge is 0.128 e. The van der Waals surface area contributed by atoms with Crippen LogP contribution in [0.2, 0.25) is 0 Å². The number of aryl methyl sites for hydroxylation is 1. The minimum Gasteiger partial charge on any atom is -0.369 e. The molecule has 0 aliphatic heterocycles. The average Bonchev–Trinajstić information content (AvgIpc) is 2.39. The quantitative estimate of drug-likeness (QED) is 0.927. The number of halogens is 1. The first-order valence-electron chi connectivity index (χ1n) is 6.25. The molecular formula is C15H18BrN3. The topological polar surface area (TPSA) is 37.8 Å². The van der Waals surface area contributed by atoms with Gasteiger partial charge < -0.3 is 5.32 Å². The molecule has 0 radical (unpaired) electrons. The Morgan fingerprint density at radius 3 is 2.58 bits per heavy atom. The third-order valence-corrected chi connectivity index (χ3v) is 3.64. The Morgan fingerprint density at radius 1 is 1.26 bits per heavy atom. The fraction of sp³-hybridized carbons (Fsp3) is 0.333. The van der Waals surface area contributed by atoms with Crippen molar-refractivity contribution in [3.8, 4) is 0 Å². The molecule has 3 nitrogen and oxygen atoms in total. The first-order valence-corrected chi connectivity index (χ1v) is 7.05. The predicted molar refractivity (Wildman–Crippen MR) is 82.4 cm³/mol. The van der Waals surface area contributed by atoms with Crippen molar-refractivity contribution in [2.24, 2.45) is 0 Å². The van der Waals surface area contributed by atoms with Crippen LogP contribution in [0, 0.1) is 6.92 Å². The summed E-state index contributed by atoms with van der Waals surface area (Å²) < 4.78 is 1.00. The Bertz CT molecular complexity index is 553. The molecule has 0 aromatic carbocycles. The van der Waals surface area contributed by atoms with Gasteiger partial charge in [-0.1, -0.05) is 13.8 Å². The zero-order valence-electron chi connectivity index (χ0n) is 11.4. The second-order valence-electron chi connectivity index (χ2n) is 5.29. The number of anilines is 1.